The summed E-state index contributed by atoms with van der Waals surface area (Å²) in [6.45, 7) is 3.77. The van der Waals surface area contributed by atoms with Gasteiger partial charge in [0.2, 0.25) is 5.91 Å². The lowest BCUT2D eigenvalue weighted by molar-refractivity contribution is -0.120. The zero-order valence-electron chi connectivity index (χ0n) is 9.49. The van der Waals surface area contributed by atoms with Gasteiger partial charge in [0.1, 0.15) is 0 Å². The first-order valence-corrected chi connectivity index (χ1v) is 5.69. The Hall–Kier alpha value is -1.42. The lowest BCUT2D eigenvalue weighted by Gasteiger charge is -2.21. The van der Waals surface area contributed by atoms with Crippen molar-refractivity contribution in [3.05, 3.63) is 24.0 Å². The van der Waals surface area contributed by atoms with E-state index in [9.17, 15) is 4.79 Å². The highest BCUT2D eigenvalue weighted by Crippen LogP contribution is 2.14. The number of aromatic nitrogens is 1. The minimum atomic E-state index is 0.0919. The van der Waals surface area contributed by atoms with Gasteiger partial charge in [0.25, 0.3) is 0 Å². The molecule has 1 aromatic heterocycles. The minimum Gasteiger partial charge on any atom is -0.324 e. The summed E-state index contributed by atoms with van der Waals surface area (Å²) in [5, 5.41) is 6.15. The monoisotopic (exact) mass is 219 g/mol. The molecule has 86 valence electrons. The van der Waals surface area contributed by atoms with Gasteiger partial charge in [-0.15, -0.1) is 0 Å². The van der Waals surface area contributed by atoms with E-state index in [1.54, 1.807) is 12.4 Å². The summed E-state index contributed by atoms with van der Waals surface area (Å²) in [5.74, 6) is 0.189. The summed E-state index contributed by atoms with van der Waals surface area (Å²) in [6, 6.07) is 1.93. The van der Waals surface area contributed by atoms with E-state index in [1.165, 1.54) is 0 Å². The number of carbonyl (C=O) groups is 1. The lowest BCUT2D eigenvalue weighted by Crippen LogP contribution is -2.37. The van der Waals surface area contributed by atoms with Crippen molar-refractivity contribution in [1.29, 1.82) is 0 Å². The van der Waals surface area contributed by atoms with Crippen LogP contribution in [-0.2, 0) is 4.79 Å². The fourth-order valence-corrected chi connectivity index (χ4v) is 1.94. The number of carbonyl (C=O) groups excluding carboxylic acids is 1. The predicted molar refractivity (Wildman–Crippen MR) is 63.2 cm³/mol. The van der Waals surface area contributed by atoms with Gasteiger partial charge in [0.15, 0.2) is 0 Å². The molecule has 0 unspecified atom stereocenters. The van der Waals surface area contributed by atoms with Gasteiger partial charge in [0.05, 0.1) is 17.8 Å². The van der Waals surface area contributed by atoms with Gasteiger partial charge in [-0.2, -0.15) is 0 Å². The predicted octanol–water partition coefficient (Wildman–Crippen LogP) is 1.33. The second-order valence-corrected chi connectivity index (χ2v) is 4.28. The van der Waals surface area contributed by atoms with E-state index in [0.717, 1.165) is 37.2 Å². The van der Waals surface area contributed by atoms with Crippen LogP contribution in [0.15, 0.2) is 18.5 Å². The summed E-state index contributed by atoms with van der Waals surface area (Å²) in [6.07, 6.45) is 5.50. The van der Waals surface area contributed by atoms with Crippen molar-refractivity contribution < 1.29 is 4.79 Å². The maximum atomic E-state index is 11.9. The van der Waals surface area contributed by atoms with Gasteiger partial charge < -0.3 is 10.6 Å². The van der Waals surface area contributed by atoms with Crippen molar-refractivity contribution in [2.75, 3.05) is 18.4 Å². The zero-order valence-corrected chi connectivity index (χ0v) is 9.49. The van der Waals surface area contributed by atoms with Crippen molar-refractivity contribution >= 4 is 11.6 Å². The lowest BCUT2D eigenvalue weighted by atomic mass is 9.99. The molecule has 1 aliphatic heterocycles. The van der Waals surface area contributed by atoms with Crippen molar-refractivity contribution in [1.82, 2.24) is 10.3 Å². The number of hydrogen-bond donors (Lipinski definition) is 2. The third-order valence-corrected chi connectivity index (χ3v) is 2.81. The van der Waals surface area contributed by atoms with E-state index < -0.39 is 0 Å². The van der Waals surface area contributed by atoms with Crippen molar-refractivity contribution in [2.45, 2.75) is 19.8 Å². The van der Waals surface area contributed by atoms with Gasteiger partial charge in [-0.25, -0.2) is 0 Å². The molecule has 1 fully saturated rings. The Morgan fingerprint density at radius 3 is 3.12 bits per heavy atom. The van der Waals surface area contributed by atoms with Crippen molar-refractivity contribution in [3.63, 3.8) is 0 Å². The number of hydrogen-bond acceptors (Lipinski definition) is 3. The molecule has 0 spiro atoms. The first-order valence-electron chi connectivity index (χ1n) is 5.69. The minimum absolute atomic E-state index is 0.0919. The average Bonchev–Trinajstić information content (AvgIpc) is 2.30. The maximum Gasteiger partial charge on any atom is 0.228 e. The van der Waals surface area contributed by atoms with Crippen LogP contribution in [0.3, 0.4) is 0 Å². The molecule has 0 aliphatic carbocycles. The fourth-order valence-electron chi connectivity index (χ4n) is 1.94. The average molecular weight is 219 g/mol. The van der Waals surface area contributed by atoms with E-state index >= 15 is 0 Å². The summed E-state index contributed by atoms with van der Waals surface area (Å²) in [4.78, 5) is 16.0. The number of aryl methyl sites for hydroxylation is 1. The molecular formula is C12H17N3O. The number of pyridine rings is 1. The zero-order chi connectivity index (χ0) is 11.4. The van der Waals surface area contributed by atoms with E-state index in [0.29, 0.717) is 0 Å². The van der Waals surface area contributed by atoms with Crippen LogP contribution in [0, 0.1) is 12.8 Å². The summed E-state index contributed by atoms with van der Waals surface area (Å²) in [5.41, 5.74) is 1.84. The molecule has 1 aliphatic rings. The van der Waals surface area contributed by atoms with E-state index in [4.69, 9.17) is 0 Å². The van der Waals surface area contributed by atoms with Crippen molar-refractivity contribution in [2.24, 2.45) is 5.92 Å². The molecule has 0 aromatic carbocycles. The Balaban J connectivity index is 1.96. The number of anilines is 1. The van der Waals surface area contributed by atoms with Crippen LogP contribution in [0.5, 0.6) is 0 Å². The van der Waals surface area contributed by atoms with E-state index in [-0.39, 0.29) is 11.8 Å². The molecule has 2 rings (SSSR count). The highest BCUT2D eigenvalue weighted by atomic mass is 16.1. The van der Waals surface area contributed by atoms with E-state index in [1.807, 2.05) is 13.0 Å². The third kappa shape index (κ3) is 2.79. The van der Waals surface area contributed by atoms with Gasteiger partial charge in [-0.1, -0.05) is 0 Å². The molecule has 1 aromatic rings. The highest BCUT2D eigenvalue weighted by Gasteiger charge is 2.20. The maximum absolute atomic E-state index is 11.9. The standard InChI is InChI=1S/C12H17N3O/c1-9-5-11(8-14-6-9)15-12(16)10-3-2-4-13-7-10/h5-6,8,10,13H,2-4,7H2,1H3,(H,15,16)/t10-/m1/s1. The number of piperidine rings is 1. The number of nitrogens with one attached hydrogen (secondary N) is 2. The Morgan fingerprint density at radius 2 is 2.44 bits per heavy atom. The van der Waals surface area contributed by atoms with Crippen LogP contribution in [0.2, 0.25) is 0 Å². The number of nitrogens with zero attached hydrogens (tertiary/aromatic N) is 1. The molecule has 2 heterocycles. The van der Waals surface area contributed by atoms with Crippen LogP contribution >= 0.6 is 0 Å². The molecule has 16 heavy (non-hydrogen) atoms. The Morgan fingerprint density at radius 1 is 1.56 bits per heavy atom. The summed E-state index contributed by atoms with van der Waals surface area (Å²) in [7, 11) is 0. The van der Waals surface area contributed by atoms with Crippen LogP contribution < -0.4 is 10.6 Å². The van der Waals surface area contributed by atoms with Crippen LogP contribution in [0.4, 0.5) is 5.69 Å². The number of amides is 1. The smallest absolute Gasteiger partial charge is 0.228 e. The van der Waals surface area contributed by atoms with Gasteiger partial charge >= 0.3 is 0 Å². The first-order chi connectivity index (χ1) is 7.75. The van der Waals surface area contributed by atoms with Crippen molar-refractivity contribution in [3.8, 4) is 0 Å². The second kappa shape index (κ2) is 5.07. The highest BCUT2D eigenvalue weighted by molar-refractivity contribution is 5.92. The normalized spacial score (nSPS) is 20.4. The molecule has 4 heteroatoms. The van der Waals surface area contributed by atoms with Crippen LogP contribution in [0.25, 0.3) is 0 Å². The molecule has 4 nitrogen and oxygen atoms in total. The van der Waals surface area contributed by atoms with Gasteiger partial charge in [0, 0.05) is 12.7 Å². The SMILES string of the molecule is Cc1cncc(NC(=O)[C@@H]2CCCNC2)c1. The molecule has 1 amide bonds. The molecule has 0 saturated carbocycles. The second-order valence-electron chi connectivity index (χ2n) is 4.28. The summed E-state index contributed by atoms with van der Waals surface area (Å²) >= 11 is 0. The fraction of sp³-hybridized carbons (Fsp3) is 0.500. The molecule has 0 radical (unpaired) electrons. The molecule has 0 bridgehead atoms. The van der Waals surface area contributed by atoms with Gasteiger partial charge in [-0.05, 0) is 37.9 Å². The number of rotatable bonds is 2. The molecule has 1 atom stereocenters. The van der Waals surface area contributed by atoms with Crippen LogP contribution in [0.1, 0.15) is 18.4 Å². The van der Waals surface area contributed by atoms with Crippen LogP contribution in [-0.4, -0.2) is 24.0 Å². The van der Waals surface area contributed by atoms with E-state index in [2.05, 4.69) is 15.6 Å². The Labute approximate surface area is 95.5 Å². The molecule has 2 N–H and O–H groups in total. The topological polar surface area (TPSA) is 54.0 Å². The Bertz CT molecular complexity index is 372. The quantitative estimate of drug-likeness (QED) is 0.789. The largest absolute Gasteiger partial charge is 0.324 e. The molecule has 1 saturated heterocycles. The third-order valence-electron chi connectivity index (χ3n) is 2.81. The molecular weight excluding hydrogens is 202 g/mol. The Kier molecular flexibility index (Phi) is 3.51. The first kappa shape index (κ1) is 11.1. The summed E-state index contributed by atoms with van der Waals surface area (Å²) < 4.78 is 0. The van der Waals surface area contributed by atoms with Gasteiger partial charge in [-0.3, -0.25) is 9.78 Å².